The lowest BCUT2D eigenvalue weighted by Gasteiger charge is -2.15. The Bertz CT molecular complexity index is 514. The minimum absolute atomic E-state index is 0.239. The van der Waals surface area contributed by atoms with E-state index in [0.29, 0.717) is 12.4 Å². The van der Waals surface area contributed by atoms with Gasteiger partial charge < -0.3 is 10.5 Å². The van der Waals surface area contributed by atoms with Crippen molar-refractivity contribution in [2.24, 2.45) is 5.73 Å². The van der Waals surface area contributed by atoms with Crippen LogP contribution in [0.3, 0.4) is 0 Å². The maximum absolute atomic E-state index is 5.61. The molecule has 1 aromatic carbocycles. The Labute approximate surface area is 107 Å². The molecule has 0 aliphatic rings. The van der Waals surface area contributed by atoms with Crippen molar-refractivity contribution in [3.8, 4) is 0 Å². The highest BCUT2D eigenvalue weighted by molar-refractivity contribution is 5.25. The van der Waals surface area contributed by atoms with E-state index in [1.807, 2.05) is 37.3 Å². The second-order valence-electron chi connectivity index (χ2n) is 4.07. The fraction of sp³-hybridized carbons (Fsp3) is 0.286. The lowest BCUT2D eigenvalue weighted by Crippen LogP contribution is -2.11. The number of aryl methyl sites for hydroxylation is 1. The van der Waals surface area contributed by atoms with Crippen LogP contribution in [-0.4, -0.2) is 17.1 Å². The minimum atomic E-state index is -0.239. The predicted octanol–water partition coefficient (Wildman–Crippen LogP) is 1.98. The van der Waals surface area contributed by atoms with Crippen LogP contribution in [0.4, 0.5) is 0 Å². The minimum Gasteiger partial charge on any atom is -0.369 e. The van der Waals surface area contributed by atoms with Gasteiger partial charge in [-0.05, 0) is 12.5 Å². The summed E-state index contributed by atoms with van der Waals surface area (Å²) in [6.07, 6.45) is 1.53. The Morgan fingerprint density at radius 1 is 1.28 bits per heavy atom. The van der Waals surface area contributed by atoms with Crippen LogP contribution in [0, 0.1) is 6.92 Å². The highest BCUT2D eigenvalue weighted by Gasteiger charge is 2.16. The van der Waals surface area contributed by atoms with Gasteiger partial charge >= 0.3 is 0 Å². The number of hydrogen-bond acceptors (Lipinski definition) is 4. The molecule has 94 valence electrons. The molecule has 0 fully saturated rings. The summed E-state index contributed by atoms with van der Waals surface area (Å²) in [6.45, 7) is 2.39. The normalized spacial score (nSPS) is 12.4. The Morgan fingerprint density at radius 2 is 2.00 bits per heavy atom. The lowest BCUT2D eigenvalue weighted by molar-refractivity contribution is 0.129. The van der Waals surface area contributed by atoms with Crippen molar-refractivity contribution < 1.29 is 4.74 Å². The Kier molecular flexibility index (Phi) is 4.02. The molecule has 18 heavy (non-hydrogen) atoms. The molecule has 1 heterocycles. The summed E-state index contributed by atoms with van der Waals surface area (Å²) in [7, 11) is 1.66. The first-order chi connectivity index (χ1) is 8.76. The van der Waals surface area contributed by atoms with Gasteiger partial charge in [0.25, 0.3) is 0 Å². The van der Waals surface area contributed by atoms with E-state index in [0.717, 1.165) is 16.8 Å². The van der Waals surface area contributed by atoms with Crippen molar-refractivity contribution in [3.05, 3.63) is 59.2 Å². The molecule has 0 radical (unpaired) electrons. The second kappa shape index (κ2) is 5.71. The monoisotopic (exact) mass is 243 g/mol. The summed E-state index contributed by atoms with van der Waals surface area (Å²) in [5.41, 5.74) is 8.51. The highest BCUT2D eigenvalue weighted by atomic mass is 16.5. The van der Waals surface area contributed by atoms with Crippen LogP contribution in [0.5, 0.6) is 0 Å². The smallest absolute Gasteiger partial charge is 0.162 e. The predicted molar refractivity (Wildman–Crippen MR) is 70.0 cm³/mol. The third kappa shape index (κ3) is 2.55. The number of nitrogens with two attached hydrogens (primary N) is 1. The molecule has 2 rings (SSSR count). The molecular weight excluding hydrogens is 226 g/mol. The van der Waals surface area contributed by atoms with Crippen LogP contribution in [0.15, 0.2) is 36.5 Å². The summed E-state index contributed by atoms with van der Waals surface area (Å²) in [4.78, 5) is 8.82. The number of methoxy groups -OCH3 is 1. The maximum atomic E-state index is 5.61. The van der Waals surface area contributed by atoms with E-state index in [4.69, 9.17) is 10.5 Å². The topological polar surface area (TPSA) is 61.0 Å². The van der Waals surface area contributed by atoms with Gasteiger partial charge in [0.2, 0.25) is 0 Å². The van der Waals surface area contributed by atoms with Crippen LogP contribution in [-0.2, 0) is 11.3 Å². The van der Waals surface area contributed by atoms with E-state index in [-0.39, 0.29) is 6.10 Å². The van der Waals surface area contributed by atoms with E-state index in [1.54, 1.807) is 13.3 Å². The molecule has 1 unspecified atom stereocenters. The first-order valence-electron chi connectivity index (χ1n) is 5.86. The highest BCUT2D eigenvalue weighted by Crippen LogP contribution is 2.22. The zero-order valence-electron chi connectivity index (χ0n) is 10.6. The molecule has 0 spiro atoms. The van der Waals surface area contributed by atoms with Crippen molar-refractivity contribution in [2.75, 3.05) is 7.11 Å². The first-order valence-corrected chi connectivity index (χ1v) is 5.86. The fourth-order valence-electron chi connectivity index (χ4n) is 1.86. The van der Waals surface area contributed by atoms with Gasteiger partial charge in [0.15, 0.2) is 5.82 Å². The molecule has 0 bridgehead atoms. The number of benzene rings is 1. The maximum Gasteiger partial charge on any atom is 0.162 e. The van der Waals surface area contributed by atoms with Gasteiger partial charge in [-0.2, -0.15) is 0 Å². The lowest BCUT2D eigenvalue weighted by atomic mass is 10.1. The molecule has 0 amide bonds. The average Bonchev–Trinajstić information content (AvgIpc) is 2.41. The molecular formula is C14H17N3O. The van der Waals surface area contributed by atoms with E-state index in [9.17, 15) is 0 Å². The molecule has 2 N–H and O–H groups in total. The summed E-state index contributed by atoms with van der Waals surface area (Å²) in [5, 5.41) is 0. The van der Waals surface area contributed by atoms with Crippen molar-refractivity contribution in [2.45, 2.75) is 19.6 Å². The molecule has 4 nitrogen and oxygen atoms in total. The van der Waals surface area contributed by atoms with E-state index < -0.39 is 0 Å². The number of nitrogens with zero attached hydrogens (tertiary/aromatic N) is 2. The Balaban J connectivity index is 2.37. The summed E-state index contributed by atoms with van der Waals surface area (Å²) >= 11 is 0. The van der Waals surface area contributed by atoms with Gasteiger partial charge in [-0.25, -0.2) is 9.97 Å². The van der Waals surface area contributed by atoms with Gasteiger partial charge in [-0.15, -0.1) is 0 Å². The third-order valence-electron chi connectivity index (χ3n) is 2.89. The molecule has 0 aliphatic heterocycles. The van der Waals surface area contributed by atoms with Gasteiger partial charge in [0, 0.05) is 31.1 Å². The molecule has 0 aliphatic carbocycles. The van der Waals surface area contributed by atoms with Gasteiger partial charge in [-0.1, -0.05) is 30.3 Å². The van der Waals surface area contributed by atoms with E-state index in [1.165, 1.54) is 0 Å². The zero-order chi connectivity index (χ0) is 13.0. The molecule has 2 aromatic rings. The number of ether oxygens (including phenoxy) is 1. The molecule has 0 saturated heterocycles. The second-order valence-corrected chi connectivity index (χ2v) is 4.07. The van der Waals surface area contributed by atoms with Gasteiger partial charge in [0.05, 0.1) is 0 Å². The van der Waals surface area contributed by atoms with E-state index >= 15 is 0 Å². The number of hydrogen-bond donors (Lipinski definition) is 1. The quantitative estimate of drug-likeness (QED) is 0.892. The molecule has 0 saturated carbocycles. The summed E-state index contributed by atoms with van der Waals surface area (Å²) < 4.78 is 5.49. The molecule has 4 heteroatoms. The largest absolute Gasteiger partial charge is 0.369 e. The molecule has 1 aromatic heterocycles. The van der Waals surface area contributed by atoms with Crippen molar-refractivity contribution in [3.63, 3.8) is 0 Å². The zero-order valence-corrected chi connectivity index (χ0v) is 10.6. The van der Waals surface area contributed by atoms with Crippen LogP contribution in [0.1, 0.15) is 28.7 Å². The molecule has 1 atom stereocenters. The van der Waals surface area contributed by atoms with Crippen LogP contribution in [0.25, 0.3) is 0 Å². The summed E-state index contributed by atoms with van der Waals surface area (Å²) in [6, 6.07) is 9.93. The number of rotatable bonds is 4. The summed E-state index contributed by atoms with van der Waals surface area (Å²) in [5.74, 6) is 0.665. The fourth-order valence-corrected chi connectivity index (χ4v) is 1.86. The van der Waals surface area contributed by atoms with Crippen molar-refractivity contribution in [1.29, 1.82) is 0 Å². The Hall–Kier alpha value is -1.78. The third-order valence-corrected chi connectivity index (χ3v) is 2.89. The standard InChI is InChI=1S/C14H17N3O/c1-10-12(8-15)9-16-14(17-10)13(18-2)11-6-4-3-5-7-11/h3-7,9,13H,8,15H2,1-2H3. The van der Waals surface area contributed by atoms with Crippen molar-refractivity contribution in [1.82, 2.24) is 9.97 Å². The van der Waals surface area contributed by atoms with Gasteiger partial charge in [-0.3, -0.25) is 0 Å². The van der Waals surface area contributed by atoms with E-state index in [2.05, 4.69) is 9.97 Å². The van der Waals surface area contributed by atoms with Crippen LogP contribution >= 0.6 is 0 Å². The Morgan fingerprint density at radius 3 is 2.56 bits per heavy atom. The number of aromatic nitrogens is 2. The average molecular weight is 243 g/mol. The van der Waals surface area contributed by atoms with Crippen LogP contribution in [0.2, 0.25) is 0 Å². The first kappa shape index (κ1) is 12.7. The van der Waals surface area contributed by atoms with Gasteiger partial charge in [0.1, 0.15) is 6.10 Å². The van der Waals surface area contributed by atoms with Crippen LogP contribution < -0.4 is 5.73 Å². The SMILES string of the molecule is COC(c1ccccc1)c1ncc(CN)c(C)n1. The van der Waals surface area contributed by atoms with Crippen molar-refractivity contribution >= 4 is 0 Å².